The van der Waals surface area contributed by atoms with Crippen molar-refractivity contribution < 1.29 is 34.2 Å². The van der Waals surface area contributed by atoms with Crippen LogP contribution in [0.3, 0.4) is 0 Å². The summed E-state index contributed by atoms with van der Waals surface area (Å²) in [6.07, 6.45) is 3.44. The van der Waals surface area contributed by atoms with Gasteiger partial charge >= 0.3 is 11.9 Å². The number of carbonyl (C=O) groups excluding carboxylic acids is 3. The zero-order valence-electron chi connectivity index (χ0n) is 19.8. The number of carboxylic acids is 2. The largest absolute Gasteiger partial charge is 0.481 e. The molecular weight excluding hydrogens is 462 g/mol. The number of nitrogens with one attached hydrogen (secondary N) is 4. The molecule has 0 aliphatic carbocycles. The third-order valence-corrected chi connectivity index (χ3v) is 5.15. The third kappa shape index (κ3) is 10.5. The Morgan fingerprint density at radius 1 is 1.00 bits per heavy atom. The van der Waals surface area contributed by atoms with Gasteiger partial charge in [-0.2, -0.15) is 0 Å². The first kappa shape index (κ1) is 29.5. The van der Waals surface area contributed by atoms with E-state index in [-0.39, 0.29) is 12.8 Å². The van der Waals surface area contributed by atoms with E-state index in [2.05, 4.69) is 25.9 Å². The van der Waals surface area contributed by atoms with Crippen molar-refractivity contribution in [3.63, 3.8) is 0 Å². The predicted octanol–water partition coefficient (Wildman–Crippen LogP) is -1.92. The van der Waals surface area contributed by atoms with E-state index in [1.807, 2.05) is 0 Å². The average molecular weight is 498 g/mol. The maximum absolute atomic E-state index is 13.0. The normalized spacial score (nSPS) is 14.4. The molecule has 0 saturated heterocycles. The molecule has 4 unspecified atom stereocenters. The quantitative estimate of drug-likeness (QED) is 0.118. The fraction of sp³-hybridized carbons (Fsp3) is 0.619. The van der Waals surface area contributed by atoms with Gasteiger partial charge in [-0.15, -0.1) is 0 Å². The molecule has 0 aliphatic rings. The molecule has 1 heterocycles. The predicted molar refractivity (Wildman–Crippen MR) is 124 cm³/mol. The minimum atomic E-state index is -1.37. The summed E-state index contributed by atoms with van der Waals surface area (Å²) in [6, 6.07) is -4.86. The Morgan fingerprint density at radius 3 is 2.17 bits per heavy atom. The lowest BCUT2D eigenvalue weighted by Crippen LogP contribution is -2.59. The summed E-state index contributed by atoms with van der Waals surface area (Å²) < 4.78 is 0. The number of amides is 3. The monoisotopic (exact) mass is 497 g/mol. The van der Waals surface area contributed by atoms with Gasteiger partial charge in [0.1, 0.15) is 18.1 Å². The number of rotatable bonds is 16. The van der Waals surface area contributed by atoms with Crippen molar-refractivity contribution in [3.05, 3.63) is 18.2 Å². The molecule has 35 heavy (non-hydrogen) atoms. The van der Waals surface area contributed by atoms with Crippen LogP contribution in [-0.4, -0.2) is 80.6 Å². The maximum Gasteiger partial charge on any atom is 0.326 e. The van der Waals surface area contributed by atoms with Gasteiger partial charge in [0.15, 0.2) is 0 Å². The summed E-state index contributed by atoms with van der Waals surface area (Å²) >= 11 is 0. The van der Waals surface area contributed by atoms with Crippen LogP contribution in [-0.2, 0) is 30.4 Å². The Hall–Kier alpha value is -3.52. The first-order valence-corrected chi connectivity index (χ1v) is 11.2. The molecule has 196 valence electrons. The summed E-state index contributed by atoms with van der Waals surface area (Å²) in [5.74, 6) is -5.21. The van der Waals surface area contributed by atoms with Crippen LogP contribution in [0.1, 0.15) is 45.2 Å². The maximum atomic E-state index is 13.0. The van der Waals surface area contributed by atoms with Gasteiger partial charge < -0.3 is 42.6 Å². The molecule has 0 saturated carbocycles. The lowest BCUT2D eigenvalue weighted by atomic mass is 10.0. The standard InChI is InChI=1S/C21H35N7O7/c1-11(2)17(28-18(31)13(23)8-16(29)30)20(33)27-15(7-12-9-24-10-25-12)19(32)26-14(21(34)35)5-3-4-6-22/h9-11,13-15,17H,3-8,22-23H2,1-2H3,(H,24,25)(H,26,32)(H,27,33)(H,28,31)(H,29,30)(H,34,35). The summed E-state index contributed by atoms with van der Waals surface area (Å²) in [6.45, 7) is 3.68. The first-order valence-electron chi connectivity index (χ1n) is 11.2. The Bertz CT molecular complexity index is 860. The molecule has 1 aromatic rings. The van der Waals surface area contributed by atoms with Crippen LogP contribution < -0.4 is 27.4 Å². The number of unbranched alkanes of at least 4 members (excludes halogenated alkanes) is 1. The van der Waals surface area contributed by atoms with Crippen molar-refractivity contribution >= 4 is 29.7 Å². The minimum absolute atomic E-state index is 0.0238. The molecule has 14 heteroatoms. The number of aromatic nitrogens is 2. The number of nitrogens with two attached hydrogens (primary N) is 2. The molecule has 3 amide bonds. The summed E-state index contributed by atoms with van der Waals surface area (Å²) in [7, 11) is 0. The van der Waals surface area contributed by atoms with Crippen molar-refractivity contribution in [2.75, 3.05) is 6.54 Å². The molecule has 0 fully saturated rings. The second-order valence-corrected chi connectivity index (χ2v) is 8.46. The van der Waals surface area contributed by atoms with Gasteiger partial charge in [-0.1, -0.05) is 13.8 Å². The highest BCUT2D eigenvalue weighted by Crippen LogP contribution is 2.07. The topological polar surface area (TPSA) is 243 Å². The van der Waals surface area contributed by atoms with E-state index in [0.29, 0.717) is 25.1 Å². The molecule has 4 atom stereocenters. The molecule has 1 aromatic heterocycles. The SMILES string of the molecule is CC(C)C(NC(=O)C(N)CC(=O)O)C(=O)NC(Cc1cnc[nH]1)C(=O)NC(CCCCN)C(=O)O. The highest BCUT2D eigenvalue weighted by molar-refractivity contribution is 5.95. The van der Waals surface area contributed by atoms with Gasteiger partial charge in [0, 0.05) is 18.3 Å². The van der Waals surface area contributed by atoms with Crippen LogP contribution in [0.4, 0.5) is 0 Å². The number of hydrogen-bond donors (Lipinski definition) is 8. The molecule has 14 nitrogen and oxygen atoms in total. The van der Waals surface area contributed by atoms with Crippen LogP contribution in [0, 0.1) is 5.92 Å². The van der Waals surface area contributed by atoms with Gasteiger partial charge in [0.05, 0.1) is 18.8 Å². The number of carbonyl (C=O) groups is 5. The molecule has 10 N–H and O–H groups in total. The number of carboxylic acid groups (broad SMARTS) is 2. The number of aromatic amines is 1. The Morgan fingerprint density at radius 2 is 1.66 bits per heavy atom. The fourth-order valence-electron chi connectivity index (χ4n) is 3.19. The smallest absolute Gasteiger partial charge is 0.326 e. The summed E-state index contributed by atoms with van der Waals surface area (Å²) in [4.78, 5) is 67.4. The molecule has 0 spiro atoms. The number of aliphatic carboxylic acids is 2. The molecule has 0 radical (unpaired) electrons. The van der Waals surface area contributed by atoms with Crippen molar-refractivity contribution in [1.29, 1.82) is 0 Å². The number of H-pyrrole nitrogens is 1. The van der Waals surface area contributed by atoms with Gasteiger partial charge in [-0.3, -0.25) is 19.2 Å². The van der Waals surface area contributed by atoms with Crippen molar-refractivity contribution in [2.45, 2.75) is 70.1 Å². The third-order valence-electron chi connectivity index (χ3n) is 5.15. The Kier molecular flexibility index (Phi) is 12.4. The van der Waals surface area contributed by atoms with Crippen molar-refractivity contribution in [3.8, 4) is 0 Å². The molecule has 0 aromatic carbocycles. The van der Waals surface area contributed by atoms with E-state index >= 15 is 0 Å². The molecular formula is C21H35N7O7. The molecule has 0 bridgehead atoms. The van der Waals surface area contributed by atoms with E-state index < -0.39 is 66.2 Å². The number of imidazole rings is 1. The Balaban J connectivity index is 3.00. The van der Waals surface area contributed by atoms with Gasteiger partial charge in [-0.25, -0.2) is 9.78 Å². The van der Waals surface area contributed by atoms with Crippen molar-refractivity contribution in [2.24, 2.45) is 17.4 Å². The van der Waals surface area contributed by atoms with Crippen LogP contribution in [0.25, 0.3) is 0 Å². The van der Waals surface area contributed by atoms with Gasteiger partial charge in [0.2, 0.25) is 17.7 Å². The van der Waals surface area contributed by atoms with E-state index in [1.54, 1.807) is 13.8 Å². The van der Waals surface area contributed by atoms with E-state index in [9.17, 15) is 29.1 Å². The second-order valence-electron chi connectivity index (χ2n) is 8.46. The van der Waals surface area contributed by atoms with Gasteiger partial charge in [-0.05, 0) is 31.7 Å². The first-order chi connectivity index (χ1) is 16.5. The number of hydrogen-bond acceptors (Lipinski definition) is 8. The minimum Gasteiger partial charge on any atom is -0.481 e. The van der Waals surface area contributed by atoms with Crippen LogP contribution in [0.2, 0.25) is 0 Å². The van der Waals surface area contributed by atoms with Crippen LogP contribution >= 0.6 is 0 Å². The van der Waals surface area contributed by atoms with Gasteiger partial charge in [0.25, 0.3) is 0 Å². The highest BCUT2D eigenvalue weighted by atomic mass is 16.4. The lowest BCUT2D eigenvalue weighted by Gasteiger charge is -2.26. The Labute approximate surface area is 202 Å². The second kappa shape index (κ2) is 14.7. The molecule has 0 aliphatic heterocycles. The summed E-state index contributed by atoms with van der Waals surface area (Å²) in [5.41, 5.74) is 11.5. The van der Waals surface area contributed by atoms with E-state index in [0.717, 1.165) is 0 Å². The molecule has 1 rings (SSSR count). The van der Waals surface area contributed by atoms with E-state index in [4.69, 9.17) is 16.6 Å². The lowest BCUT2D eigenvalue weighted by molar-refractivity contribution is -0.142. The van der Waals surface area contributed by atoms with Crippen molar-refractivity contribution in [1.82, 2.24) is 25.9 Å². The van der Waals surface area contributed by atoms with E-state index in [1.165, 1.54) is 12.5 Å². The summed E-state index contributed by atoms with van der Waals surface area (Å²) in [5, 5.41) is 25.7. The van der Waals surface area contributed by atoms with Crippen LogP contribution in [0.5, 0.6) is 0 Å². The highest BCUT2D eigenvalue weighted by Gasteiger charge is 2.32. The van der Waals surface area contributed by atoms with Crippen LogP contribution in [0.15, 0.2) is 12.5 Å². The number of nitrogens with zero attached hydrogens (tertiary/aromatic N) is 1. The zero-order valence-corrected chi connectivity index (χ0v) is 19.8. The zero-order chi connectivity index (χ0) is 26.5. The average Bonchev–Trinajstić information content (AvgIpc) is 3.28. The fourth-order valence-corrected chi connectivity index (χ4v) is 3.19.